The number of hydrogen-bond donors (Lipinski definition) is 6. The molecule has 1 aliphatic heterocycles. The lowest BCUT2D eigenvalue weighted by atomic mass is 10.0. The third-order valence-corrected chi connectivity index (χ3v) is 6.39. The molecule has 0 radical (unpaired) electrons. The first kappa shape index (κ1) is 29.1. The number of urea groups is 1. The maximum Gasteiger partial charge on any atom is 0.466 e. The fraction of sp³-hybridized carbons (Fsp3) is 0.417. The topological polar surface area (TPSA) is 196 Å². The van der Waals surface area contributed by atoms with Crippen molar-refractivity contribution in [3.63, 3.8) is 0 Å². The van der Waals surface area contributed by atoms with Crippen LogP contribution in [-0.4, -0.2) is 65.4 Å². The van der Waals surface area contributed by atoms with Gasteiger partial charge in [0.2, 0.25) is 0 Å². The van der Waals surface area contributed by atoms with E-state index in [-0.39, 0.29) is 11.9 Å². The summed E-state index contributed by atoms with van der Waals surface area (Å²) in [6.07, 6.45) is 4.87. The van der Waals surface area contributed by atoms with Crippen molar-refractivity contribution in [1.82, 2.24) is 25.0 Å². The first-order chi connectivity index (χ1) is 17.9. The van der Waals surface area contributed by atoms with Gasteiger partial charge < -0.3 is 35.9 Å². The highest BCUT2D eigenvalue weighted by Gasteiger charge is 2.25. The van der Waals surface area contributed by atoms with E-state index in [0.29, 0.717) is 31.7 Å². The van der Waals surface area contributed by atoms with Gasteiger partial charge in [-0.25, -0.2) is 19.0 Å². The van der Waals surface area contributed by atoms with Crippen molar-refractivity contribution in [2.45, 2.75) is 52.7 Å². The van der Waals surface area contributed by atoms with Crippen molar-refractivity contribution in [2.24, 2.45) is 5.73 Å². The number of carbonyl (C=O) groups excluding carboxylic acids is 2. The highest BCUT2D eigenvalue weighted by molar-refractivity contribution is 7.45. The number of likely N-dealkylation sites (tertiary alicyclic amines) is 1. The van der Waals surface area contributed by atoms with Gasteiger partial charge in [0.25, 0.3) is 5.91 Å². The van der Waals surface area contributed by atoms with Crippen LogP contribution < -0.4 is 16.4 Å². The number of primary amides is 1. The predicted octanol–water partition coefficient (Wildman–Crippen LogP) is 2.02. The Morgan fingerprint density at radius 1 is 1.13 bits per heavy atom. The normalized spacial score (nSPS) is 14.1. The molecule has 1 saturated heterocycles. The molecule has 14 heteroatoms. The zero-order valence-corrected chi connectivity index (χ0v) is 22.5. The van der Waals surface area contributed by atoms with Gasteiger partial charge in [0, 0.05) is 38.4 Å². The Hall–Kier alpha value is -3.51. The van der Waals surface area contributed by atoms with Gasteiger partial charge in [-0.2, -0.15) is 5.10 Å². The molecule has 38 heavy (non-hydrogen) atoms. The Bertz CT molecular complexity index is 1340. The largest absolute Gasteiger partial charge is 0.466 e. The molecular formula is C24H34N7O6P. The molecule has 0 unspecified atom stereocenters. The summed E-state index contributed by atoms with van der Waals surface area (Å²) in [5, 5.41) is 11.8. The van der Waals surface area contributed by atoms with Crippen molar-refractivity contribution in [2.75, 3.05) is 18.4 Å². The minimum absolute atomic E-state index is 0.113. The molecule has 3 amide bonds. The van der Waals surface area contributed by atoms with Crippen molar-refractivity contribution in [1.29, 1.82) is 0 Å². The molecule has 13 nitrogen and oxygen atoms in total. The smallest absolute Gasteiger partial charge is 0.381 e. The maximum atomic E-state index is 13.2. The van der Waals surface area contributed by atoms with Crippen LogP contribution in [0.4, 0.5) is 10.5 Å². The van der Waals surface area contributed by atoms with Gasteiger partial charge in [0.1, 0.15) is 0 Å². The van der Waals surface area contributed by atoms with Gasteiger partial charge in [-0.3, -0.25) is 4.79 Å². The van der Waals surface area contributed by atoms with E-state index in [0.717, 1.165) is 35.1 Å². The average molecular weight is 548 g/mol. The second-order valence-electron chi connectivity index (χ2n) is 9.10. The number of hydrogen-bond acceptors (Lipinski definition) is 6. The summed E-state index contributed by atoms with van der Waals surface area (Å²) in [6.45, 7) is 8.43. The lowest BCUT2D eigenvalue weighted by Crippen LogP contribution is -2.44. The molecule has 3 aromatic rings. The molecule has 3 heterocycles. The number of carbonyl (C=O) groups is 2. The van der Waals surface area contributed by atoms with Gasteiger partial charge in [-0.1, -0.05) is 18.2 Å². The van der Waals surface area contributed by atoms with Crippen LogP contribution >= 0.6 is 7.82 Å². The Kier molecular flexibility index (Phi) is 9.45. The Morgan fingerprint density at radius 2 is 1.79 bits per heavy atom. The van der Waals surface area contributed by atoms with Crippen LogP contribution in [0, 0.1) is 13.8 Å². The van der Waals surface area contributed by atoms with Crippen LogP contribution in [0.25, 0.3) is 11.0 Å². The van der Waals surface area contributed by atoms with Gasteiger partial charge in [0.05, 0.1) is 22.8 Å². The van der Waals surface area contributed by atoms with Crippen molar-refractivity contribution in [3.05, 3.63) is 52.8 Å². The molecule has 206 valence electrons. The lowest BCUT2D eigenvalue weighted by molar-refractivity contribution is 0.0951. The first-order valence-corrected chi connectivity index (χ1v) is 13.7. The molecule has 0 bridgehead atoms. The molecule has 1 fully saturated rings. The second-order valence-corrected chi connectivity index (χ2v) is 10.1. The van der Waals surface area contributed by atoms with E-state index in [2.05, 4.69) is 46.7 Å². The van der Waals surface area contributed by atoms with Crippen LogP contribution in [0.15, 0.2) is 30.6 Å². The summed E-state index contributed by atoms with van der Waals surface area (Å²) in [7, 11) is -4.64. The molecule has 2 aromatic heterocycles. The van der Waals surface area contributed by atoms with Gasteiger partial charge in [0.15, 0.2) is 5.65 Å². The number of benzene rings is 1. The van der Waals surface area contributed by atoms with E-state index in [9.17, 15) is 9.59 Å². The molecule has 1 aromatic carbocycles. The van der Waals surface area contributed by atoms with E-state index in [1.807, 2.05) is 17.7 Å². The minimum Gasteiger partial charge on any atom is -0.381 e. The molecule has 1 aliphatic rings. The zero-order valence-electron chi connectivity index (χ0n) is 21.6. The minimum atomic E-state index is -4.64. The van der Waals surface area contributed by atoms with E-state index in [1.165, 1.54) is 11.1 Å². The Morgan fingerprint density at radius 3 is 2.37 bits per heavy atom. The monoisotopic (exact) mass is 547 g/mol. The Balaban J connectivity index is 0.000000732. The summed E-state index contributed by atoms with van der Waals surface area (Å²) in [5.41, 5.74) is 10.8. The number of rotatable bonds is 6. The third-order valence-electron chi connectivity index (χ3n) is 6.39. The molecule has 0 aliphatic carbocycles. The molecule has 7 N–H and O–H groups in total. The Labute approximate surface area is 220 Å². The number of fused-ring (bicyclic) bond motifs is 1. The van der Waals surface area contributed by atoms with E-state index < -0.39 is 13.9 Å². The zero-order chi connectivity index (χ0) is 28.0. The summed E-state index contributed by atoms with van der Waals surface area (Å²) < 4.78 is 10.7. The average Bonchev–Trinajstić information content (AvgIpc) is 3.28. The van der Waals surface area contributed by atoms with Crippen LogP contribution in [0.3, 0.4) is 0 Å². The number of aryl methyl sites for hydroxylation is 3. The van der Waals surface area contributed by atoms with Crippen molar-refractivity contribution >= 4 is 36.5 Å². The summed E-state index contributed by atoms with van der Waals surface area (Å²) in [6, 6.07) is 5.90. The van der Waals surface area contributed by atoms with Gasteiger partial charge in [-0.15, -0.1) is 0 Å². The number of anilines is 1. The van der Waals surface area contributed by atoms with Gasteiger partial charge >= 0.3 is 13.9 Å². The number of nitrogens with one attached hydrogen (secondary N) is 2. The predicted molar refractivity (Wildman–Crippen MR) is 142 cm³/mol. The number of pyridine rings is 1. The highest BCUT2D eigenvalue weighted by Crippen LogP contribution is 2.29. The van der Waals surface area contributed by atoms with E-state index in [1.54, 1.807) is 17.3 Å². The second kappa shape index (κ2) is 12.4. The quantitative estimate of drug-likeness (QED) is 0.250. The summed E-state index contributed by atoms with van der Waals surface area (Å²) >= 11 is 0. The third kappa shape index (κ3) is 7.75. The number of phosphoric acid groups is 1. The van der Waals surface area contributed by atoms with E-state index >= 15 is 0 Å². The molecule has 0 atom stereocenters. The number of amides is 3. The maximum absolute atomic E-state index is 13.2. The van der Waals surface area contributed by atoms with Crippen molar-refractivity contribution in [3.8, 4) is 0 Å². The van der Waals surface area contributed by atoms with Crippen LogP contribution in [0.1, 0.15) is 46.8 Å². The molecular weight excluding hydrogens is 513 g/mol. The van der Waals surface area contributed by atoms with Gasteiger partial charge in [-0.05, 0) is 50.3 Å². The highest BCUT2D eigenvalue weighted by atomic mass is 31.2. The van der Waals surface area contributed by atoms with Crippen LogP contribution in [0.2, 0.25) is 0 Å². The van der Waals surface area contributed by atoms with E-state index in [4.69, 9.17) is 25.0 Å². The number of nitrogens with zero attached hydrogens (tertiary/aromatic N) is 4. The molecule has 0 spiro atoms. The standard InChI is InChI=1S/C24H31N7O2.H3O4P/c1-4-31-22-19(14-28-31)21(29-18-7-9-30(10-8-18)24(25)33)20(13-26-22)23(32)27-12-17-6-5-15(2)16(3)11-17;1-5(2,3)4/h5-6,11,13-14,18H,4,7-10,12H2,1-3H3,(H2,25,33)(H,26,29)(H,27,32);(H3,1,2,3,4). The first-order valence-electron chi connectivity index (χ1n) is 12.2. The number of piperidine rings is 1. The summed E-state index contributed by atoms with van der Waals surface area (Å²) in [4.78, 5) is 52.4. The fourth-order valence-corrected chi connectivity index (χ4v) is 4.23. The van der Waals surface area contributed by atoms with Crippen LogP contribution in [-0.2, 0) is 17.7 Å². The van der Waals surface area contributed by atoms with Crippen molar-refractivity contribution < 1.29 is 28.8 Å². The SMILES string of the molecule is CCn1ncc2c(NC3CCN(C(N)=O)CC3)c(C(=O)NCc3ccc(C)c(C)c3)cnc21.O=P(O)(O)O. The molecule has 0 saturated carbocycles. The summed E-state index contributed by atoms with van der Waals surface area (Å²) in [5.74, 6) is -0.191. The molecule has 4 rings (SSSR count). The lowest BCUT2D eigenvalue weighted by Gasteiger charge is -2.32. The number of nitrogens with two attached hydrogens (primary N) is 1. The van der Waals surface area contributed by atoms with Crippen LogP contribution in [0.5, 0.6) is 0 Å². The fourth-order valence-electron chi connectivity index (χ4n) is 4.23. The number of aromatic nitrogens is 3.